The Kier molecular flexibility index (Phi) is 5.19. The van der Waals surface area contributed by atoms with Gasteiger partial charge in [-0.3, -0.25) is 0 Å². The fourth-order valence-electron chi connectivity index (χ4n) is 2.41. The Hall–Kier alpha value is -1.80. The molecule has 2 rings (SSSR count). The van der Waals surface area contributed by atoms with E-state index >= 15 is 0 Å². The third kappa shape index (κ3) is 3.84. The average Bonchev–Trinajstić information content (AvgIpc) is 2.50. The molecule has 2 nitrogen and oxygen atoms in total. The molecule has 1 atom stereocenters. The molecule has 2 aromatic rings. The highest BCUT2D eigenvalue weighted by atomic mass is 15.1. The van der Waals surface area contributed by atoms with Crippen LogP contribution in [0.4, 0.5) is 5.69 Å². The van der Waals surface area contributed by atoms with Crippen molar-refractivity contribution >= 4 is 5.69 Å². The number of nitrogens with one attached hydrogen (secondary N) is 1. The molecule has 20 heavy (non-hydrogen) atoms. The van der Waals surface area contributed by atoms with Crippen LogP contribution in [0.5, 0.6) is 0 Å². The third-order valence-corrected chi connectivity index (χ3v) is 3.78. The van der Waals surface area contributed by atoms with E-state index in [9.17, 15) is 0 Å². The molecule has 2 aromatic carbocycles. The summed E-state index contributed by atoms with van der Waals surface area (Å²) in [4.78, 5) is 2.30. The van der Waals surface area contributed by atoms with E-state index in [1.807, 2.05) is 7.05 Å². The first kappa shape index (κ1) is 14.6. The maximum absolute atomic E-state index is 3.42. The molecule has 0 heterocycles. The van der Waals surface area contributed by atoms with Gasteiger partial charge in [0.05, 0.1) is 0 Å². The van der Waals surface area contributed by atoms with Crippen LogP contribution in [0.3, 0.4) is 0 Å². The highest BCUT2D eigenvalue weighted by Crippen LogP contribution is 2.19. The first-order chi connectivity index (χ1) is 9.70. The number of aryl methyl sites for hydroxylation is 1. The second-order valence-electron chi connectivity index (χ2n) is 5.30. The zero-order valence-corrected chi connectivity index (χ0v) is 12.6. The highest BCUT2D eigenvalue weighted by molar-refractivity contribution is 5.44. The van der Waals surface area contributed by atoms with Crippen LogP contribution in [0.2, 0.25) is 0 Å². The summed E-state index contributed by atoms with van der Waals surface area (Å²) in [6.07, 6.45) is 1.09. The van der Waals surface area contributed by atoms with Gasteiger partial charge in [0.2, 0.25) is 0 Å². The number of benzene rings is 2. The summed E-state index contributed by atoms with van der Waals surface area (Å²) < 4.78 is 0. The lowest BCUT2D eigenvalue weighted by Gasteiger charge is -2.23. The van der Waals surface area contributed by atoms with E-state index in [4.69, 9.17) is 0 Å². The molecule has 0 aliphatic carbocycles. The van der Waals surface area contributed by atoms with Crippen molar-refractivity contribution in [3.8, 4) is 0 Å². The van der Waals surface area contributed by atoms with Gasteiger partial charge < -0.3 is 10.2 Å². The normalized spacial score (nSPS) is 12.2. The van der Waals surface area contributed by atoms with E-state index in [-0.39, 0.29) is 0 Å². The number of hydrogen-bond donors (Lipinski definition) is 1. The van der Waals surface area contributed by atoms with Crippen LogP contribution in [0.15, 0.2) is 54.6 Å². The predicted molar refractivity (Wildman–Crippen MR) is 87.3 cm³/mol. The summed E-state index contributed by atoms with van der Waals surface area (Å²) in [5, 5.41) is 3.42. The Bertz CT molecular complexity index is 505. The molecule has 2 heteroatoms. The molecule has 0 aromatic heterocycles. The Labute approximate surface area is 122 Å². The predicted octanol–water partition coefficient (Wildman–Crippen LogP) is 3.78. The lowest BCUT2D eigenvalue weighted by atomic mass is 10.0. The van der Waals surface area contributed by atoms with Crippen molar-refractivity contribution < 1.29 is 0 Å². The van der Waals surface area contributed by atoms with E-state index < -0.39 is 0 Å². The lowest BCUT2D eigenvalue weighted by Crippen LogP contribution is -2.25. The van der Waals surface area contributed by atoms with Crippen molar-refractivity contribution in [2.24, 2.45) is 0 Å². The molecule has 0 spiro atoms. The molecule has 0 amide bonds. The van der Waals surface area contributed by atoms with Crippen molar-refractivity contribution in [2.45, 2.75) is 19.4 Å². The summed E-state index contributed by atoms with van der Waals surface area (Å²) in [7, 11) is 4.18. The van der Waals surface area contributed by atoms with Gasteiger partial charge in [0.15, 0.2) is 0 Å². The molecule has 0 aliphatic heterocycles. The fourth-order valence-corrected chi connectivity index (χ4v) is 2.41. The van der Waals surface area contributed by atoms with E-state index in [1.165, 1.54) is 16.8 Å². The molecule has 0 aliphatic rings. The van der Waals surface area contributed by atoms with Crippen LogP contribution in [0.1, 0.15) is 23.6 Å². The fraction of sp³-hybridized carbons (Fsp3) is 0.333. The summed E-state index contributed by atoms with van der Waals surface area (Å²) in [5.41, 5.74) is 3.94. The first-order valence-electron chi connectivity index (χ1n) is 7.20. The van der Waals surface area contributed by atoms with Crippen molar-refractivity contribution in [1.82, 2.24) is 5.32 Å². The van der Waals surface area contributed by atoms with Crippen LogP contribution >= 0.6 is 0 Å². The van der Waals surface area contributed by atoms with Crippen LogP contribution in [0.25, 0.3) is 0 Å². The van der Waals surface area contributed by atoms with Gasteiger partial charge in [0, 0.05) is 25.3 Å². The minimum atomic E-state index is 0.404. The Balaban J connectivity index is 1.95. The molecule has 0 saturated heterocycles. The maximum atomic E-state index is 3.42. The molecule has 0 radical (unpaired) electrons. The van der Waals surface area contributed by atoms with E-state index in [2.05, 4.69) is 78.8 Å². The van der Waals surface area contributed by atoms with Crippen LogP contribution in [-0.4, -0.2) is 20.6 Å². The van der Waals surface area contributed by atoms with Crippen LogP contribution < -0.4 is 10.2 Å². The minimum Gasteiger partial charge on any atom is -0.375 e. The second kappa shape index (κ2) is 7.11. The zero-order valence-electron chi connectivity index (χ0n) is 12.6. The average molecular weight is 268 g/mol. The molecule has 0 bridgehead atoms. The third-order valence-electron chi connectivity index (χ3n) is 3.78. The van der Waals surface area contributed by atoms with Gasteiger partial charge in [-0.15, -0.1) is 0 Å². The molecule has 0 saturated carbocycles. The molecule has 1 N–H and O–H groups in total. The van der Waals surface area contributed by atoms with Gasteiger partial charge in [0.1, 0.15) is 0 Å². The molecular weight excluding hydrogens is 244 g/mol. The quantitative estimate of drug-likeness (QED) is 0.857. The van der Waals surface area contributed by atoms with Gasteiger partial charge in [-0.05, 0) is 38.1 Å². The van der Waals surface area contributed by atoms with Gasteiger partial charge in [0.25, 0.3) is 0 Å². The van der Waals surface area contributed by atoms with Crippen molar-refractivity contribution in [2.75, 3.05) is 25.5 Å². The minimum absolute atomic E-state index is 0.404. The van der Waals surface area contributed by atoms with Crippen LogP contribution in [-0.2, 0) is 0 Å². The van der Waals surface area contributed by atoms with Gasteiger partial charge in [-0.1, -0.05) is 48.0 Å². The summed E-state index contributed by atoms with van der Waals surface area (Å²) >= 11 is 0. The highest BCUT2D eigenvalue weighted by Gasteiger charge is 2.10. The first-order valence-corrected chi connectivity index (χ1v) is 7.20. The van der Waals surface area contributed by atoms with E-state index in [1.54, 1.807) is 0 Å². The number of anilines is 1. The van der Waals surface area contributed by atoms with Crippen molar-refractivity contribution in [1.29, 1.82) is 0 Å². The van der Waals surface area contributed by atoms with Gasteiger partial charge in [-0.25, -0.2) is 0 Å². The topological polar surface area (TPSA) is 15.3 Å². The maximum Gasteiger partial charge on any atom is 0.0363 e. The van der Waals surface area contributed by atoms with Gasteiger partial charge in [-0.2, -0.15) is 0 Å². The summed E-state index contributed by atoms with van der Waals surface area (Å²) in [6, 6.07) is 19.7. The van der Waals surface area contributed by atoms with Crippen LogP contribution in [0, 0.1) is 6.92 Å². The molecule has 106 valence electrons. The lowest BCUT2D eigenvalue weighted by molar-refractivity contribution is 0.549. The Morgan fingerprint density at radius 1 is 1.00 bits per heavy atom. The monoisotopic (exact) mass is 268 g/mol. The molecular formula is C18H24N2. The van der Waals surface area contributed by atoms with E-state index in [0.29, 0.717) is 6.04 Å². The molecule has 1 unspecified atom stereocenters. The van der Waals surface area contributed by atoms with E-state index in [0.717, 1.165) is 13.0 Å². The Morgan fingerprint density at radius 3 is 2.25 bits per heavy atom. The Morgan fingerprint density at radius 2 is 1.65 bits per heavy atom. The smallest absolute Gasteiger partial charge is 0.0363 e. The zero-order chi connectivity index (χ0) is 14.4. The van der Waals surface area contributed by atoms with Crippen molar-refractivity contribution in [3.63, 3.8) is 0 Å². The largest absolute Gasteiger partial charge is 0.375 e. The number of para-hydroxylation sites is 1. The van der Waals surface area contributed by atoms with Gasteiger partial charge >= 0.3 is 0 Å². The summed E-state index contributed by atoms with van der Waals surface area (Å²) in [6.45, 7) is 3.16. The second-order valence-corrected chi connectivity index (χ2v) is 5.30. The number of rotatable bonds is 6. The standard InChI is InChI=1S/C18H24N2/c1-15-9-11-16(12-10-15)18(19-2)13-14-20(3)17-7-5-4-6-8-17/h4-12,18-19H,13-14H2,1-3H3. The summed E-state index contributed by atoms with van der Waals surface area (Å²) in [5.74, 6) is 0. The van der Waals surface area contributed by atoms with Crippen molar-refractivity contribution in [3.05, 3.63) is 65.7 Å². The number of nitrogens with zero attached hydrogens (tertiary/aromatic N) is 1. The molecule has 0 fully saturated rings. The number of hydrogen-bond acceptors (Lipinski definition) is 2. The SMILES string of the molecule is CNC(CCN(C)c1ccccc1)c1ccc(C)cc1.